The van der Waals surface area contributed by atoms with Gasteiger partial charge >= 0.3 is 0 Å². The first kappa shape index (κ1) is 15.5. The Kier molecular flexibility index (Phi) is 3.88. The van der Waals surface area contributed by atoms with Crippen molar-refractivity contribution >= 4 is 39.2 Å². The summed E-state index contributed by atoms with van der Waals surface area (Å²) in [4.78, 5) is 32.5. The van der Waals surface area contributed by atoms with Gasteiger partial charge in [0.2, 0.25) is 0 Å². The fourth-order valence-corrected chi connectivity index (χ4v) is 2.92. The molecule has 3 aromatic rings. The van der Waals surface area contributed by atoms with Crippen LogP contribution in [0.15, 0.2) is 52.4 Å². The maximum atomic E-state index is 12.1. The van der Waals surface area contributed by atoms with Gasteiger partial charge in [0.05, 0.1) is 37.8 Å². The minimum atomic E-state index is -0.734. The van der Waals surface area contributed by atoms with Gasteiger partial charge in [-0.15, -0.1) is 4.07 Å². The molecule has 0 unspecified atom stereocenters. The van der Waals surface area contributed by atoms with E-state index in [9.17, 15) is 25.0 Å². The van der Waals surface area contributed by atoms with E-state index >= 15 is 0 Å². The fraction of sp³-hybridized carbons (Fsp3) is 0. The van der Waals surface area contributed by atoms with Gasteiger partial charge in [-0.25, -0.2) is 0 Å². The number of hydrogen-bond donors (Lipinski definition) is 0. The molecule has 120 valence electrons. The minimum Gasteiger partial charge on any atom is -0.266 e. The van der Waals surface area contributed by atoms with Crippen molar-refractivity contribution < 1.29 is 9.85 Å². The van der Waals surface area contributed by atoms with Crippen molar-refractivity contribution in [1.82, 2.24) is 4.07 Å². The van der Waals surface area contributed by atoms with Crippen LogP contribution in [0.4, 0.5) is 11.4 Å². The molecule has 1 aromatic heterocycles. The average Bonchev–Trinajstić information content (AvgIpc) is 2.89. The Morgan fingerprint density at radius 2 is 1.83 bits per heavy atom. The van der Waals surface area contributed by atoms with E-state index in [-0.39, 0.29) is 11.1 Å². The molecule has 0 saturated heterocycles. The SMILES string of the molecule is O=c1c2ccccc2sn1/N=C/c1ccc([N+](=O)[O-])cc1[N+](=O)[O-]. The molecular formula is C14H8N4O5S. The van der Waals surface area contributed by atoms with E-state index in [2.05, 4.69) is 5.10 Å². The van der Waals surface area contributed by atoms with Crippen LogP contribution in [0, 0.1) is 20.2 Å². The number of nitro benzene ring substituents is 2. The summed E-state index contributed by atoms with van der Waals surface area (Å²) in [5.74, 6) is 0. The van der Waals surface area contributed by atoms with Gasteiger partial charge in [-0.1, -0.05) is 12.1 Å². The molecule has 1 heterocycles. The van der Waals surface area contributed by atoms with Gasteiger partial charge in [0.25, 0.3) is 16.9 Å². The Labute approximate surface area is 137 Å². The number of nitrogens with zero attached hydrogens (tertiary/aromatic N) is 4. The van der Waals surface area contributed by atoms with Gasteiger partial charge in [-0.3, -0.25) is 25.0 Å². The Morgan fingerprint density at radius 1 is 1.08 bits per heavy atom. The Balaban J connectivity index is 2.05. The van der Waals surface area contributed by atoms with E-state index in [1.807, 2.05) is 0 Å². The second-order valence-corrected chi connectivity index (χ2v) is 5.64. The molecule has 0 atom stereocenters. The van der Waals surface area contributed by atoms with Gasteiger partial charge in [-0.2, -0.15) is 5.10 Å². The highest BCUT2D eigenvalue weighted by Crippen LogP contribution is 2.23. The van der Waals surface area contributed by atoms with Crippen LogP contribution in [0.2, 0.25) is 0 Å². The molecule has 24 heavy (non-hydrogen) atoms. The van der Waals surface area contributed by atoms with Gasteiger partial charge < -0.3 is 0 Å². The third-order valence-electron chi connectivity index (χ3n) is 3.20. The number of aromatic nitrogens is 1. The lowest BCUT2D eigenvalue weighted by molar-refractivity contribution is -0.394. The average molecular weight is 344 g/mol. The van der Waals surface area contributed by atoms with E-state index in [4.69, 9.17) is 0 Å². The van der Waals surface area contributed by atoms with Crippen molar-refractivity contribution in [1.29, 1.82) is 0 Å². The smallest absolute Gasteiger partial charge is 0.266 e. The van der Waals surface area contributed by atoms with Gasteiger partial charge in [-0.05, 0) is 29.7 Å². The number of rotatable bonds is 4. The van der Waals surface area contributed by atoms with Crippen LogP contribution in [-0.2, 0) is 0 Å². The van der Waals surface area contributed by atoms with Crippen LogP contribution in [0.1, 0.15) is 5.56 Å². The molecule has 0 aliphatic rings. The van der Waals surface area contributed by atoms with Crippen molar-refractivity contribution in [2.75, 3.05) is 0 Å². The topological polar surface area (TPSA) is 121 Å². The largest absolute Gasteiger partial charge is 0.289 e. The van der Waals surface area contributed by atoms with Crippen LogP contribution in [-0.4, -0.2) is 20.1 Å². The monoisotopic (exact) mass is 344 g/mol. The molecule has 3 rings (SSSR count). The molecule has 0 saturated carbocycles. The van der Waals surface area contributed by atoms with Crippen LogP contribution in [0.3, 0.4) is 0 Å². The molecule has 9 nitrogen and oxygen atoms in total. The van der Waals surface area contributed by atoms with E-state index in [0.29, 0.717) is 5.39 Å². The lowest BCUT2D eigenvalue weighted by Crippen LogP contribution is -2.08. The quantitative estimate of drug-likeness (QED) is 0.409. The Morgan fingerprint density at radius 3 is 2.50 bits per heavy atom. The van der Waals surface area contributed by atoms with E-state index in [1.165, 1.54) is 6.07 Å². The number of hydrogen-bond acceptors (Lipinski definition) is 7. The number of benzene rings is 2. The third-order valence-corrected chi connectivity index (χ3v) is 4.18. The zero-order valence-electron chi connectivity index (χ0n) is 11.9. The zero-order valence-corrected chi connectivity index (χ0v) is 12.7. The standard InChI is InChI=1S/C14H8N4O5S/c19-14-11-3-1-2-4-13(11)24-16(14)15-8-9-5-6-10(17(20)21)7-12(9)18(22)23/h1-8H/b15-8+. The highest BCUT2D eigenvalue weighted by atomic mass is 32.1. The minimum absolute atomic E-state index is 0.0648. The van der Waals surface area contributed by atoms with Crippen molar-refractivity contribution in [2.24, 2.45) is 5.10 Å². The summed E-state index contributed by atoms with van der Waals surface area (Å²) in [5.41, 5.74) is -1.12. The molecule has 0 N–H and O–H groups in total. The summed E-state index contributed by atoms with van der Waals surface area (Å²) in [7, 11) is 0. The Hall–Kier alpha value is -3.40. The van der Waals surface area contributed by atoms with Crippen LogP contribution < -0.4 is 5.56 Å². The van der Waals surface area contributed by atoms with E-state index < -0.39 is 21.2 Å². The van der Waals surface area contributed by atoms with Gasteiger partial charge in [0.15, 0.2) is 0 Å². The third kappa shape index (κ3) is 2.77. The van der Waals surface area contributed by atoms with Crippen molar-refractivity contribution in [2.45, 2.75) is 0 Å². The molecule has 0 bridgehead atoms. The lowest BCUT2D eigenvalue weighted by Gasteiger charge is -1.97. The van der Waals surface area contributed by atoms with Gasteiger partial charge in [0, 0.05) is 6.07 Å². The second-order valence-electron chi connectivity index (χ2n) is 4.67. The maximum absolute atomic E-state index is 12.1. The van der Waals surface area contributed by atoms with Gasteiger partial charge in [0.1, 0.15) is 0 Å². The lowest BCUT2D eigenvalue weighted by atomic mass is 10.2. The summed E-state index contributed by atoms with van der Waals surface area (Å²) >= 11 is 1.09. The summed E-state index contributed by atoms with van der Waals surface area (Å²) in [5, 5.41) is 26.2. The Bertz CT molecular complexity index is 1050. The van der Waals surface area contributed by atoms with Crippen molar-refractivity contribution in [3.63, 3.8) is 0 Å². The van der Waals surface area contributed by atoms with Crippen molar-refractivity contribution in [3.8, 4) is 0 Å². The molecule has 10 heteroatoms. The zero-order chi connectivity index (χ0) is 17.3. The summed E-state index contributed by atoms with van der Waals surface area (Å²) in [6.45, 7) is 0. The molecule has 0 aliphatic carbocycles. The number of non-ortho nitro benzene ring substituents is 1. The molecule has 0 radical (unpaired) electrons. The number of fused-ring (bicyclic) bond motifs is 1. The molecule has 0 spiro atoms. The molecule has 0 amide bonds. The van der Waals surface area contributed by atoms with E-state index in [1.54, 1.807) is 24.3 Å². The highest BCUT2D eigenvalue weighted by molar-refractivity contribution is 7.13. The molecular weight excluding hydrogens is 336 g/mol. The summed E-state index contributed by atoms with van der Waals surface area (Å²) < 4.78 is 1.84. The second kappa shape index (κ2) is 6.01. The normalized spacial score (nSPS) is 11.2. The number of nitro groups is 2. The predicted octanol–water partition coefficient (Wildman–Crippen LogP) is 2.76. The maximum Gasteiger partial charge on any atom is 0.289 e. The van der Waals surface area contributed by atoms with E-state index in [0.717, 1.165) is 38.6 Å². The molecule has 2 aromatic carbocycles. The van der Waals surface area contributed by atoms with Crippen LogP contribution in [0.5, 0.6) is 0 Å². The first-order valence-electron chi connectivity index (χ1n) is 6.55. The highest BCUT2D eigenvalue weighted by Gasteiger charge is 2.18. The molecule has 0 fully saturated rings. The van der Waals surface area contributed by atoms with Crippen molar-refractivity contribution in [3.05, 3.63) is 78.6 Å². The van der Waals surface area contributed by atoms with Crippen LogP contribution in [0.25, 0.3) is 10.1 Å². The van der Waals surface area contributed by atoms with Crippen LogP contribution >= 0.6 is 11.5 Å². The predicted molar refractivity (Wildman–Crippen MR) is 88.8 cm³/mol. The molecule has 0 aliphatic heterocycles. The summed E-state index contributed by atoms with van der Waals surface area (Å²) in [6.07, 6.45) is 1.14. The first-order chi connectivity index (χ1) is 11.5. The fourth-order valence-electron chi connectivity index (χ4n) is 2.06. The first-order valence-corrected chi connectivity index (χ1v) is 7.33. The summed E-state index contributed by atoms with van der Waals surface area (Å²) in [6, 6.07) is 10.2.